The first kappa shape index (κ1) is 17.5. The van der Waals surface area contributed by atoms with Crippen LogP contribution >= 0.6 is 0 Å². The molecule has 0 saturated heterocycles. The van der Waals surface area contributed by atoms with E-state index < -0.39 is 0 Å². The number of para-hydroxylation sites is 3. The van der Waals surface area contributed by atoms with Crippen LogP contribution in [0.3, 0.4) is 0 Å². The number of nitrogens with one attached hydrogen (secondary N) is 1. The van der Waals surface area contributed by atoms with Gasteiger partial charge in [-0.05, 0) is 37.3 Å². The molecule has 0 aliphatic heterocycles. The largest absolute Gasteiger partial charge is 0.492 e. The van der Waals surface area contributed by atoms with Crippen LogP contribution in [0.5, 0.6) is 11.5 Å². The molecule has 4 heteroatoms. The molecular formula is C22H21NO3. The molecule has 0 radical (unpaired) electrons. The third-order valence-corrected chi connectivity index (χ3v) is 3.83. The van der Waals surface area contributed by atoms with Gasteiger partial charge in [-0.1, -0.05) is 48.5 Å². The Labute approximate surface area is 153 Å². The predicted octanol–water partition coefficient (Wildman–Crippen LogP) is 4.92. The number of hydrogen-bond acceptors (Lipinski definition) is 3. The lowest BCUT2D eigenvalue weighted by molar-refractivity contribution is 0.102. The Bertz CT molecular complexity index is 862. The van der Waals surface area contributed by atoms with Gasteiger partial charge in [0.25, 0.3) is 5.91 Å². The number of carbonyl (C=O) groups is 1. The van der Waals surface area contributed by atoms with Crippen LogP contribution in [0.2, 0.25) is 0 Å². The van der Waals surface area contributed by atoms with Gasteiger partial charge in [0.1, 0.15) is 18.1 Å². The average Bonchev–Trinajstić information content (AvgIpc) is 2.69. The normalized spacial score (nSPS) is 10.2. The van der Waals surface area contributed by atoms with Crippen molar-refractivity contribution in [3.63, 3.8) is 0 Å². The Kier molecular flexibility index (Phi) is 5.88. The number of ether oxygens (including phenoxy) is 2. The first-order chi connectivity index (χ1) is 12.8. The van der Waals surface area contributed by atoms with E-state index in [0.29, 0.717) is 30.2 Å². The van der Waals surface area contributed by atoms with E-state index in [1.54, 1.807) is 6.07 Å². The summed E-state index contributed by atoms with van der Waals surface area (Å²) >= 11 is 0. The third kappa shape index (κ3) is 4.42. The summed E-state index contributed by atoms with van der Waals surface area (Å²) in [7, 11) is 0. The van der Waals surface area contributed by atoms with E-state index in [4.69, 9.17) is 9.47 Å². The number of amides is 1. The number of rotatable bonds is 7. The van der Waals surface area contributed by atoms with Crippen molar-refractivity contribution in [3.05, 3.63) is 90.0 Å². The Morgan fingerprint density at radius 1 is 0.846 bits per heavy atom. The minimum absolute atomic E-state index is 0.190. The van der Waals surface area contributed by atoms with Crippen molar-refractivity contribution in [2.75, 3.05) is 11.9 Å². The standard InChI is InChI=1S/C22H21NO3/c1-2-25-21-15-9-8-14-20(21)23-22(24)19-13-7-6-10-17(19)16-26-18-11-4-3-5-12-18/h3-15H,2,16H2,1H3,(H,23,24). The Morgan fingerprint density at radius 3 is 2.35 bits per heavy atom. The van der Waals surface area contributed by atoms with Gasteiger partial charge in [0.15, 0.2) is 0 Å². The maximum absolute atomic E-state index is 12.8. The van der Waals surface area contributed by atoms with Gasteiger partial charge in [-0.15, -0.1) is 0 Å². The van der Waals surface area contributed by atoms with E-state index >= 15 is 0 Å². The summed E-state index contributed by atoms with van der Waals surface area (Å²) in [6.45, 7) is 2.77. The lowest BCUT2D eigenvalue weighted by Crippen LogP contribution is -2.16. The molecule has 0 atom stereocenters. The molecule has 0 aliphatic carbocycles. The van der Waals surface area contributed by atoms with E-state index in [-0.39, 0.29) is 5.91 Å². The van der Waals surface area contributed by atoms with Crippen LogP contribution in [0.25, 0.3) is 0 Å². The number of anilines is 1. The highest BCUT2D eigenvalue weighted by Crippen LogP contribution is 2.25. The van der Waals surface area contributed by atoms with Crippen molar-refractivity contribution in [1.29, 1.82) is 0 Å². The second kappa shape index (κ2) is 8.72. The van der Waals surface area contributed by atoms with Gasteiger partial charge in [-0.2, -0.15) is 0 Å². The van der Waals surface area contributed by atoms with Gasteiger partial charge < -0.3 is 14.8 Å². The van der Waals surface area contributed by atoms with Crippen molar-refractivity contribution in [2.24, 2.45) is 0 Å². The summed E-state index contributed by atoms with van der Waals surface area (Å²) in [6, 6.07) is 24.4. The third-order valence-electron chi connectivity index (χ3n) is 3.83. The minimum Gasteiger partial charge on any atom is -0.492 e. The summed E-state index contributed by atoms with van der Waals surface area (Å²) in [6.07, 6.45) is 0. The second-order valence-corrected chi connectivity index (χ2v) is 5.64. The zero-order valence-electron chi connectivity index (χ0n) is 14.6. The van der Waals surface area contributed by atoms with E-state index in [0.717, 1.165) is 11.3 Å². The fraction of sp³-hybridized carbons (Fsp3) is 0.136. The Balaban J connectivity index is 1.76. The Hall–Kier alpha value is -3.27. The number of benzene rings is 3. The smallest absolute Gasteiger partial charge is 0.256 e. The Morgan fingerprint density at radius 2 is 1.54 bits per heavy atom. The molecule has 1 amide bonds. The monoisotopic (exact) mass is 347 g/mol. The maximum Gasteiger partial charge on any atom is 0.256 e. The highest BCUT2D eigenvalue weighted by Gasteiger charge is 2.13. The zero-order valence-corrected chi connectivity index (χ0v) is 14.6. The minimum atomic E-state index is -0.190. The predicted molar refractivity (Wildman–Crippen MR) is 103 cm³/mol. The van der Waals surface area contributed by atoms with Crippen molar-refractivity contribution in [3.8, 4) is 11.5 Å². The molecule has 1 N–H and O–H groups in total. The van der Waals surface area contributed by atoms with Gasteiger partial charge >= 0.3 is 0 Å². The molecule has 0 saturated carbocycles. The summed E-state index contributed by atoms with van der Waals surface area (Å²) in [5.41, 5.74) is 2.05. The summed E-state index contributed by atoms with van der Waals surface area (Å²) in [5, 5.41) is 2.93. The van der Waals surface area contributed by atoms with E-state index in [2.05, 4.69) is 5.32 Å². The molecule has 0 aromatic heterocycles. The quantitative estimate of drug-likeness (QED) is 0.660. The first-order valence-corrected chi connectivity index (χ1v) is 8.57. The van der Waals surface area contributed by atoms with Crippen LogP contribution in [-0.2, 0) is 6.61 Å². The molecule has 3 aromatic rings. The number of hydrogen-bond donors (Lipinski definition) is 1. The average molecular weight is 347 g/mol. The van der Waals surface area contributed by atoms with E-state index in [9.17, 15) is 4.79 Å². The van der Waals surface area contributed by atoms with Crippen LogP contribution in [-0.4, -0.2) is 12.5 Å². The van der Waals surface area contributed by atoms with Gasteiger partial charge in [0.2, 0.25) is 0 Å². The van der Waals surface area contributed by atoms with Crippen molar-refractivity contribution in [2.45, 2.75) is 13.5 Å². The van der Waals surface area contributed by atoms with Gasteiger partial charge in [0.05, 0.1) is 12.3 Å². The van der Waals surface area contributed by atoms with E-state index in [1.165, 1.54) is 0 Å². The van der Waals surface area contributed by atoms with Crippen molar-refractivity contribution in [1.82, 2.24) is 0 Å². The highest BCUT2D eigenvalue weighted by molar-refractivity contribution is 6.06. The van der Waals surface area contributed by atoms with Crippen molar-refractivity contribution >= 4 is 11.6 Å². The second-order valence-electron chi connectivity index (χ2n) is 5.64. The molecule has 3 rings (SSSR count). The first-order valence-electron chi connectivity index (χ1n) is 8.57. The zero-order chi connectivity index (χ0) is 18.2. The molecule has 132 valence electrons. The van der Waals surface area contributed by atoms with Crippen LogP contribution < -0.4 is 14.8 Å². The van der Waals surface area contributed by atoms with Crippen LogP contribution in [0.4, 0.5) is 5.69 Å². The fourth-order valence-electron chi connectivity index (χ4n) is 2.59. The molecule has 0 fully saturated rings. The van der Waals surface area contributed by atoms with Crippen LogP contribution in [0.1, 0.15) is 22.8 Å². The summed E-state index contributed by atoms with van der Waals surface area (Å²) < 4.78 is 11.4. The molecule has 0 aliphatic rings. The number of carbonyl (C=O) groups excluding carboxylic acids is 1. The molecule has 4 nitrogen and oxygen atoms in total. The fourth-order valence-corrected chi connectivity index (χ4v) is 2.59. The van der Waals surface area contributed by atoms with Gasteiger partial charge in [-0.25, -0.2) is 0 Å². The molecule has 0 heterocycles. The van der Waals surface area contributed by atoms with Crippen molar-refractivity contribution < 1.29 is 14.3 Å². The molecule has 26 heavy (non-hydrogen) atoms. The van der Waals surface area contributed by atoms with E-state index in [1.807, 2.05) is 79.7 Å². The topological polar surface area (TPSA) is 47.6 Å². The van der Waals surface area contributed by atoms with Crippen LogP contribution in [0, 0.1) is 0 Å². The van der Waals surface area contributed by atoms with Gasteiger partial charge in [0, 0.05) is 11.1 Å². The SMILES string of the molecule is CCOc1ccccc1NC(=O)c1ccccc1COc1ccccc1. The summed E-state index contributed by atoms with van der Waals surface area (Å²) in [4.78, 5) is 12.8. The molecular weight excluding hydrogens is 326 g/mol. The van der Waals surface area contributed by atoms with Crippen LogP contribution in [0.15, 0.2) is 78.9 Å². The lowest BCUT2D eigenvalue weighted by Gasteiger charge is -2.14. The molecule has 0 unspecified atom stereocenters. The maximum atomic E-state index is 12.8. The highest BCUT2D eigenvalue weighted by atomic mass is 16.5. The van der Waals surface area contributed by atoms with Gasteiger partial charge in [-0.3, -0.25) is 4.79 Å². The molecule has 3 aromatic carbocycles. The lowest BCUT2D eigenvalue weighted by atomic mass is 10.1. The summed E-state index contributed by atoms with van der Waals surface area (Å²) in [5.74, 6) is 1.23. The molecule has 0 spiro atoms. The molecule has 0 bridgehead atoms.